The lowest BCUT2D eigenvalue weighted by molar-refractivity contribution is -0.118. The number of nitrogen functional groups attached to an aromatic ring is 1. The Bertz CT molecular complexity index is 483. The quantitative estimate of drug-likeness (QED) is 0.632. The Balaban J connectivity index is 2.43. The van der Waals surface area contributed by atoms with E-state index in [0.717, 1.165) is 0 Å². The molecule has 0 bridgehead atoms. The second-order valence-electron chi connectivity index (χ2n) is 4.49. The largest absolute Gasteiger partial charge is 0.399 e. The topological polar surface area (TPSA) is 84.2 Å². The SMILES string of the molecule is CC(C)[C@@H]1NC(=O)c2cc(N)ccc2NC1=O. The summed E-state index contributed by atoms with van der Waals surface area (Å²) >= 11 is 0. The Morgan fingerprint density at radius 3 is 2.65 bits per heavy atom. The zero-order chi connectivity index (χ0) is 12.6. The number of hydrogen-bond donors (Lipinski definition) is 3. The summed E-state index contributed by atoms with van der Waals surface area (Å²) in [5.41, 5.74) is 7.04. The van der Waals surface area contributed by atoms with Gasteiger partial charge in [-0.1, -0.05) is 13.8 Å². The van der Waals surface area contributed by atoms with Crippen LogP contribution in [-0.4, -0.2) is 17.9 Å². The van der Waals surface area contributed by atoms with Gasteiger partial charge in [0.1, 0.15) is 6.04 Å². The van der Waals surface area contributed by atoms with E-state index in [1.165, 1.54) is 0 Å². The molecule has 1 aliphatic heterocycles. The van der Waals surface area contributed by atoms with Crippen molar-refractivity contribution in [1.82, 2.24) is 5.32 Å². The molecule has 4 N–H and O–H groups in total. The van der Waals surface area contributed by atoms with Crippen LogP contribution < -0.4 is 16.4 Å². The maximum atomic E-state index is 12.0. The molecular formula is C12H15N3O2. The minimum atomic E-state index is -0.517. The number of fused-ring (bicyclic) bond motifs is 1. The van der Waals surface area contributed by atoms with Crippen LogP contribution in [0.3, 0.4) is 0 Å². The number of nitrogens with one attached hydrogen (secondary N) is 2. The Morgan fingerprint density at radius 1 is 1.29 bits per heavy atom. The average Bonchev–Trinajstić information content (AvgIpc) is 2.38. The predicted molar refractivity (Wildman–Crippen MR) is 65.6 cm³/mol. The van der Waals surface area contributed by atoms with Crippen molar-refractivity contribution >= 4 is 23.2 Å². The molecule has 2 amide bonds. The highest BCUT2D eigenvalue weighted by molar-refractivity contribution is 6.10. The van der Waals surface area contributed by atoms with E-state index < -0.39 is 6.04 Å². The molecule has 1 heterocycles. The van der Waals surface area contributed by atoms with Crippen molar-refractivity contribution in [3.63, 3.8) is 0 Å². The third-order valence-corrected chi connectivity index (χ3v) is 2.78. The fourth-order valence-electron chi connectivity index (χ4n) is 1.82. The van der Waals surface area contributed by atoms with Crippen LogP contribution in [-0.2, 0) is 4.79 Å². The predicted octanol–water partition coefficient (Wildman–Crippen LogP) is 0.975. The van der Waals surface area contributed by atoms with Crippen molar-refractivity contribution in [3.05, 3.63) is 23.8 Å². The average molecular weight is 233 g/mol. The lowest BCUT2D eigenvalue weighted by atomic mass is 10.0. The molecule has 0 aromatic heterocycles. The molecule has 1 aliphatic rings. The molecule has 0 unspecified atom stereocenters. The number of rotatable bonds is 1. The van der Waals surface area contributed by atoms with E-state index in [1.54, 1.807) is 18.2 Å². The molecule has 0 aliphatic carbocycles. The number of amides is 2. The molecule has 0 saturated heterocycles. The highest BCUT2D eigenvalue weighted by Crippen LogP contribution is 2.22. The minimum absolute atomic E-state index is 0.0330. The third kappa shape index (κ3) is 2.08. The first-order valence-electron chi connectivity index (χ1n) is 5.50. The van der Waals surface area contributed by atoms with Gasteiger partial charge in [-0.25, -0.2) is 0 Å². The molecule has 0 spiro atoms. The zero-order valence-electron chi connectivity index (χ0n) is 9.78. The monoisotopic (exact) mass is 233 g/mol. The molecule has 5 nitrogen and oxygen atoms in total. The lowest BCUT2D eigenvalue weighted by Gasteiger charge is -2.17. The van der Waals surface area contributed by atoms with Gasteiger partial charge in [0.25, 0.3) is 5.91 Å². The number of carbonyl (C=O) groups is 2. The van der Waals surface area contributed by atoms with Gasteiger partial charge in [-0.05, 0) is 24.1 Å². The normalized spacial score (nSPS) is 19.4. The van der Waals surface area contributed by atoms with E-state index in [-0.39, 0.29) is 17.7 Å². The van der Waals surface area contributed by atoms with Gasteiger partial charge in [-0.3, -0.25) is 9.59 Å². The lowest BCUT2D eigenvalue weighted by Crippen LogP contribution is -2.44. The van der Waals surface area contributed by atoms with Gasteiger partial charge < -0.3 is 16.4 Å². The van der Waals surface area contributed by atoms with Crippen LogP contribution in [0.25, 0.3) is 0 Å². The van der Waals surface area contributed by atoms with Crippen molar-refractivity contribution in [2.45, 2.75) is 19.9 Å². The van der Waals surface area contributed by atoms with Crippen LogP contribution in [0.2, 0.25) is 0 Å². The standard InChI is InChI=1S/C12H15N3O2/c1-6(2)10-12(17)14-9-4-3-7(13)5-8(9)11(16)15-10/h3-6,10H,13H2,1-2H3,(H,14,17)(H,15,16)/t10-/m0/s1. The Hall–Kier alpha value is -2.04. The fourth-order valence-corrected chi connectivity index (χ4v) is 1.82. The Labute approximate surface area is 99.4 Å². The smallest absolute Gasteiger partial charge is 0.254 e. The van der Waals surface area contributed by atoms with Crippen molar-refractivity contribution in [1.29, 1.82) is 0 Å². The van der Waals surface area contributed by atoms with Gasteiger partial charge in [-0.15, -0.1) is 0 Å². The van der Waals surface area contributed by atoms with Gasteiger partial charge in [0.2, 0.25) is 5.91 Å². The van der Waals surface area contributed by atoms with Crippen LogP contribution in [0.1, 0.15) is 24.2 Å². The van der Waals surface area contributed by atoms with Crippen LogP contribution in [0, 0.1) is 5.92 Å². The molecule has 0 saturated carbocycles. The molecule has 1 aromatic carbocycles. The summed E-state index contributed by atoms with van der Waals surface area (Å²) in [6.07, 6.45) is 0. The van der Waals surface area contributed by atoms with E-state index >= 15 is 0 Å². The van der Waals surface area contributed by atoms with E-state index in [0.29, 0.717) is 16.9 Å². The van der Waals surface area contributed by atoms with Crippen molar-refractivity contribution in [2.24, 2.45) is 5.92 Å². The van der Waals surface area contributed by atoms with Crippen molar-refractivity contribution in [2.75, 3.05) is 11.1 Å². The Morgan fingerprint density at radius 2 is 2.00 bits per heavy atom. The molecule has 1 aromatic rings. The van der Waals surface area contributed by atoms with Gasteiger partial charge in [0, 0.05) is 5.69 Å². The van der Waals surface area contributed by atoms with Crippen molar-refractivity contribution < 1.29 is 9.59 Å². The maximum Gasteiger partial charge on any atom is 0.254 e. The molecule has 17 heavy (non-hydrogen) atoms. The summed E-state index contributed by atoms with van der Waals surface area (Å²) in [5, 5.41) is 5.44. The number of carbonyl (C=O) groups excluding carboxylic acids is 2. The highest BCUT2D eigenvalue weighted by atomic mass is 16.2. The minimum Gasteiger partial charge on any atom is -0.399 e. The van der Waals surface area contributed by atoms with Gasteiger partial charge in [0.05, 0.1) is 11.3 Å². The van der Waals surface area contributed by atoms with Crippen LogP contribution in [0.15, 0.2) is 18.2 Å². The van der Waals surface area contributed by atoms with Crippen LogP contribution >= 0.6 is 0 Å². The van der Waals surface area contributed by atoms with E-state index in [2.05, 4.69) is 10.6 Å². The summed E-state index contributed by atoms with van der Waals surface area (Å²) in [5.74, 6) is -0.438. The number of hydrogen-bond acceptors (Lipinski definition) is 3. The second kappa shape index (κ2) is 4.08. The van der Waals surface area contributed by atoms with Crippen LogP contribution in [0.4, 0.5) is 11.4 Å². The van der Waals surface area contributed by atoms with E-state index in [9.17, 15) is 9.59 Å². The molecule has 5 heteroatoms. The van der Waals surface area contributed by atoms with Gasteiger partial charge in [0.15, 0.2) is 0 Å². The number of anilines is 2. The fraction of sp³-hybridized carbons (Fsp3) is 0.333. The Kier molecular flexibility index (Phi) is 2.75. The van der Waals surface area contributed by atoms with E-state index in [4.69, 9.17) is 5.73 Å². The summed E-state index contributed by atoms with van der Waals surface area (Å²) in [7, 11) is 0. The first-order chi connectivity index (χ1) is 7.99. The molecule has 1 atom stereocenters. The zero-order valence-corrected chi connectivity index (χ0v) is 9.78. The van der Waals surface area contributed by atoms with Gasteiger partial charge in [-0.2, -0.15) is 0 Å². The van der Waals surface area contributed by atoms with E-state index in [1.807, 2.05) is 13.8 Å². The third-order valence-electron chi connectivity index (χ3n) is 2.78. The molecule has 0 radical (unpaired) electrons. The summed E-state index contributed by atoms with van der Waals surface area (Å²) in [6, 6.07) is 4.34. The molecule has 2 rings (SSSR count). The highest BCUT2D eigenvalue weighted by Gasteiger charge is 2.29. The first kappa shape index (κ1) is 11.4. The maximum absolute atomic E-state index is 12.0. The van der Waals surface area contributed by atoms with Crippen LogP contribution in [0.5, 0.6) is 0 Å². The van der Waals surface area contributed by atoms with Gasteiger partial charge >= 0.3 is 0 Å². The first-order valence-corrected chi connectivity index (χ1v) is 5.50. The summed E-state index contributed by atoms with van der Waals surface area (Å²) < 4.78 is 0. The number of benzene rings is 1. The molecular weight excluding hydrogens is 218 g/mol. The second-order valence-corrected chi connectivity index (χ2v) is 4.49. The molecule has 90 valence electrons. The summed E-state index contributed by atoms with van der Waals surface area (Å²) in [4.78, 5) is 23.9. The number of nitrogens with two attached hydrogens (primary N) is 1. The molecule has 0 fully saturated rings. The van der Waals surface area contributed by atoms with Crippen molar-refractivity contribution in [3.8, 4) is 0 Å². The summed E-state index contributed by atoms with van der Waals surface area (Å²) in [6.45, 7) is 3.77.